The number of carbonyl (C=O) groups is 1. The van der Waals surface area contributed by atoms with Crippen molar-refractivity contribution in [3.8, 4) is 11.1 Å². The number of carbonyl (C=O) groups excluding carboxylic acids is 1. The molecule has 1 fully saturated rings. The van der Waals surface area contributed by atoms with Crippen molar-refractivity contribution in [3.05, 3.63) is 90.0 Å². The van der Waals surface area contributed by atoms with Gasteiger partial charge in [0.2, 0.25) is 5.91 Å². The van der Waals surface area contributed by atoms with Gasteiger partial charge in [0.25, 0.3) is 0 Å². The fraction of sp³-hybridized carbons (Fsp3) is 0.344. The molecular formula is C32H38N2O2. The first-order valence-corrected chi connectivity index (χ1v) is 13.0. The highest BCUT2D eigenvalue weighted by Crippen LogP contribution is 2.30. The fourth-order valence-electron chi connectivity index (χ4n) is 4.88. The predicted octanol–water partition coefficient (Wildman–Crippen LogP) is 7.19. The van der Waals surface area contributed by atoms with E-state index in [2.05, 4.69) is 85.7 Å². The van der Waals surface area contributed by atoms with Crippen LogP contribution in [0.15, 0.2) is 78.9 Å². The number of hydrogen-bond donors (Lipinski definition) is 0. The number of anilines is 2. The number of benzene rings is 3. The Balaban J connectivity index is 1.57. The molecule has 36 heavy (non-hydrogen) atoms. The van der Waals surface area contributed by atoms with Gasteiger partial charge in [-0.25, -0.2) is 0 Å². The van der Waals surface area contributed by atoms with E-state index in [1.807, 2.05) is 23.1 Å². The van der Waals surface area contributed by atoms with Crippen LogP contribution in [0.1, 0.15) is 43.2 Å². The molecule has 1 aliphatic carbocycles. The van der Waals surface area contributed by atoms with Gasteiger partial charge in [0.05, 0.1) is 13.2 Å². The Morgan fingerprint density at radius 1 is 0.889 bits per heavy atom. The first-order chi connectivity index (χ1) is 17.5. The average Bonchev–Trinajstić information content (AvgIpc) is 2.92. The molecule has 0 radical (unpaired) electrons. The lowest BCUT2D eigenvalue weighted by Gasteiger charge is -2.30. The number of hydrogen-bond acceptors (Lipinski definition) is 3. The maximum Gasteiger partial charge on any atom is 0.230 e. The molecule has 3 aromatic carbocycles. The van der Waals surface area contributed by atoms with E-state index in [0.717, 1.165) is 42.5 Å². The molecule has 0 aliphatic heterocycles. The Hall–Kier alpha value is -3.37. The van der Waals surface area contributed by atoms with Crippen molar-refractivity contribution in [3.63, 3.8) is 0 Å². The first-order valence-electron chi connectivity index (χ1n) is 13.0. The minimum absolute atomic E-state index is 0.112. The van der Waals surface area contributed by atoms with Gasteiger partial charge in [-0.15, -0.1) is 0 Å². The van der Waals surface area contributed by atoms with Crippen molar-refractivity contribution in [2.24, 2.45) is 5.92 Å². The normalized spacial score (nSPS) is 14.2. The van der Waals surface area contributed by atoms with E-state index < -0.39 is 0 Å². The third-order valence-electron chi connectivity index (χ3n) is 6.99. The summed E-state index contributed by atoms with van der Waals surface area (Å²) < 4.78 is 5.14. The minimum atomic E-state index is 0.112. The van der Waals surface area contributed by atoms with Crippen LogP contribution >= 0.6 is 0 Å². The molecule has 1 aliphatic rings. The predicted molar refractivity (Wildman–Crippen MR) is 151 cm³/mol. The van der Waals surface area contributed by atoms with Crippen molar-refractivity contribution in [2.45, 2.75) is 38.6 Å². The van der Waals surface area contributed by atoms with E-state index in [-0.39, 0.29) is 11.8 Å². The Morgan fingerprint density at radius 2 is 1.56 bits per heavy atom. The topological polar surface area (TPSA) is 32.8 Å². The first kappa shape index (κ1) is 25.7. The monoisotopic (exact) mass is 482 g/mol. The summed E-state index contributed by atoms with van der Waals surface area (Å²) in [5, 5.41) is 0. The van der Waals surface area contributed by atoms with Gasteiger partial charge in [-0.2, -0.15) is 0 Å². The van der Waals surface area contributed by atoms with E-state index in [9.17, 15) is 4.79 Å². The van der Waals surface area contributed by atoms with Crippen molar-refractivity contribution in [1.82, 2.24) is 0 Å². The SMILES string of the molecule is COCC=Cc1cccc(N(Cc2ccc(-c3ccc(N(C)C)cc3)cc2)C(=O)C2CCCCC2)c1. The molecule has 0 heterocycles. The number of methoxy groups -OCH3 is 1. The quantitative estimate of drug-likeness (QED) is 0.323. The van der Waals surface area contributed by atoms with Crippen LogP contribution in [0.3, 0.4) is 0 Å². The number of ether oxygens (including phenoxy) is 1. The van der Waals surface area contributed by atoms with E-state index in [1.165, 1.54) is 23.2 Å². The van der Waals surface area contributed by atoms with Crippen LogP contribution in [0.2, 0.25) is 0 Å². The summed E-state index contributed by atoms with van der Waals surface area (Å²) in [6.07, 6.45) is 9.55. The molecule has 0 N–H and O–H groups in total. The number of nitrogens with zero attached hydrogens (tertiary/aromatic N) is 2. The van der Waals surface area contributed by atoms with E-state index in [4.69, 9.17) is 4.74 Å². The third-order valence-corrected chi connectivity index (χ3v) is 6.99. The van der Waals surface area contributed by atoms with Crippen LogP contribution in [0.4, 0.5) is 11.4 Å². The van der Waals surface area contributed by atoms with E-state index >= 15 is 0 Å². The number of amides is 1. The van der Waals surface area contributed by atoms with Crippen LogP contribution in [0.5, 0.6) is 0 Å². The lowest BCUT2D eigenvalue weighted by Crippen LogP contribution is -2.36. The van der Waals surface area contributed by atoms with Crippen LogP contribution < -0.4 is 9.80 Å². The van der Waals surface area contributed by atoms with Crippen LogP contribution in [-0.4, -0.2) is 33.7 Å². The minimum Gasteiger partial charge on any atom is -0.381 e. The Morgan fingerprint density at radius 3 is 2.19 bits per heavy atom. The van der Waals surface area contributed by atoms with Gasteiger partial charge >= 0.3 is 0 Å². The zero-order valence-corrected chi connectivity index (χ0v) is 21.8. The molecular weight excluding hydrogens is 444 g/mol. The van der Waals surface area contributed by atoms with Gasteiger partial charge in [-0.1, -0.05) is 79.9 Å². The van der Waals surface area contributed by atoms with Gasteiger partial charge < -0.3 is 14.5 Å². The molecule has 0 unspecified atom stereocenters. The summed E-state index contributed by atoms with van der Waals surface area (Å²) in [6, 6.07) is 25.5. The van der Waals surface area contributed by atoms with Gasteiger partial charge in [-0.3, -0.25) is 4.79 Å². The second kappa shape index (κ2) is 12.5. The highest BCUT2D eigenvalue weighted by Gasteiger charge is 2.27. The highest BCUT2D eigenvalue weighted by atomic mass is 16.5. The van der Waals surface area contributed by atoms with E-state index in [0.29, 0.717) is 13.2 Å². The Kier molecular flexibility index (Phi) is 8.96. The molecule has 188 valence electrons. The van der Waals surface area contributed by atoms with Gasteiger partial charge in [0.1, 0.15) is 0 Å². The summed E-state index contributed by atoms with van der Waals surface area (Å²) in [4.78, 5) is 17.8. The third kappa shape index (κ3) is 6.64. The summed E-state index contributed by atoms with van der Waals surface area (Å²) in [7, 11) is 5.79. The average molecular weight is 483 g/mol. The van der Waals surface area contributed by atoms with Crippen molar-refractivity contribution in [2.75, 3.05) is 37.6 Å². The smallest absolute Gasteiger partial charge is 0.230 e. The largest absolute Gasteiger partial charge is 0.381 e. The van der Waals surface area contributed by atoms with Crippen molar-refractivity contribution in [1.29, 1.82) is 0 Å². The molecule has 4 rings (SSSR count). The van der Waals surface area contributed by atoms with Crippen LogP contribution in [-0.2, 0) is 16.1 Å². The molecule has 0 spiro atoms. The molecule has 4 heteroatoms. The Bertz CT molecular complexity index is 1140. The molecule has 0 aromatic heterocycles. The molecule has 1 amide bonds. The van der Waals surface area contributed by atoms with Gasteiger partial charge in [0, 0.05) is 38.5 Å². The summed E-state index contributed by atoms with van der Waals surface area (Å²) in [5.41, 5.74) is 6.72. The maximum absolute atomic E-state index is 13.7. The zero-order chi connectivity index (χ0) is 25.3. The lowest BCUT2D eigenvalue weighted by atomic mass is 9.88. The molecule has 0 atom stereocenters. The molecule has 4 nitrogen and oxygen atoms in total. The highest BCUT2D eigenvalue weighted by molar-refractivity contribution is 5.95. The second-order valence-corrected chi connectivity index (χ2v) is 9.85. The summed E-state index contributed by atoms with van der Waals surface area (Å²) >= 11 is 0. The van der Waals surface area contributed by atoms with Crippen LogP contribution in [0.25, 0.3) is 17.2 Å². The fourth-order valence-corrected chi connectivity index (χ4v) is 4.88. The Labute approximate surface area is 216 Å². The molecule has 3 aromatic rings. The second-order valence-electron chi connectivity index (χ2n) is 9.85. The van der Waals surface area contributed by atoms with Gasteiger partial charge in [0.15, 0.2) is 0 Å². The lowest BCUT2D eigenvalue weighted by molar-refractivity contribution is -0.123. The summed E-state index contributed by atoms with van der Waals surface area (Å²) in [5.74, 6) is 0.358. The standard InChI is InChI=1S/C32H38N2O2/c1-33(2)30-20-18-28(19-21-30)27-16-14-26(15-17-27)24-34(32(35)29-11-5-4-6-12-29)31-13-7-9-25(23-31)10-8-22-36-3/h7-10,13-21,23,29H,4-6,11-12,22,24H2,1-3H3. The van der Waals surface area contributed by atoms with Crippen LogP contribution in [0, 0.1) is 5.92 Å². The van der Waals surface area contributed by atoms with Crippen molar-refractivity contribution >= 4 is 23.4 Å². The summed E-state index contributed by atoms with van der Waals surface area (Å²) in [6.45, 7) is 1.14. The van der Waals surface area contributed by atoms with Gasteiger partial charge in [-0.05, 0) is 59.4 Å². The maximum atomic E-state index is 13.7. The zero-order valence-electron chi connectivity index (χ0n) is 21.8. The number of rotatable bonds is 9. The van der Waals surface area contributed by atoms with Crippen molar-refractivity contribution < 1.29 is 9.53 Å². The van der Waals surface area contributed by atoms with E-state index in [1.54, 1.807) is 7.11 Å². The molecule has 0 bridgehead atoms. The molecule has 0 saturated heterocycles. The molecule has 1 saturated carbocycles.